The summed E-state index contributed by atoms with van der Waals surface area (Å²) in [5, 5.41) is 24.1. The maximum atomic E-state index is 13.3. The molecule has 0 aliphatic rings. The second kappa shape index (κ2) is 5.01. The number of tetrazole rings is 1. The van der Waals surface area contributed by atoms with Crippen molar-refractivity contribution in [2.45, 2.75) is 0 Å². The van der Waals surface area contributed by atoms with Crippen LogP contribution in [0.1, 0.15) is 5.82 Å². The summed E-state index contributed by atoms with van der Waals surface area (Å²) in [6.45, 7) is 0. The van der Waals surface area contributed by atoms with Gasteiger partial charge in [-0.2, -0.15) is 10.5 Å². The monoisotopic (exact) mass is 248 g/mol. The van der Waals surface area contributed by atoms with Crippen molar-refractivity contribution in [3.05, 3.63) is 41.9 Å². The molecule has 0 spiro atoms. The van der Waals surface area contributed by atoms with Gasteiger partial charge in [-0.05, 0) is 17.3 Å². The number of aromatic nitrogens is 4. The average molecular weight is 248 g/mol. The first-order chi connectivity index (χ1) is 8.70. The number of benzene rings is 1. The number of rotatable bonds is 3. The number of H-pyrrole nitrogens is 1. The summed E-state index contributed by atoms with van der Waals surface area (Å²) >= 11 is 0. The summed E-state index contributed by atoms with van der Waals surface area (Å²) in [6.07, 6.45) is 1.21. The molecule has 0 saturated carbocycles. The van der Waals surface area contributed by atoms with Gasteiger partial charge in [0.1, 0.15) is 23.3 Å². The number of aromatic amines is 1. The highest BCUT2D eigenvalue weighted by Gasteiger charge is 2.07. The standard InChI is InChI=1S/C10H6F2N6/c11-7-1-2-9(8(12)3-7)14-5-6(4-13)10-15-17-18-16-10/h1-3,5,14H,(H,15,16,17,18). The maximum absolute atomic E-state index is 13.3. The van der Waals surface area contributed by atoms with Crippen molar-refractivity contribution in [3.8, 4) is 6.07 Å². The van der Waals surface area contributed by atoms with Crippen molar-refractivity contribution < 1.29 is 8.78 Å². The molecule has 90 valence electrons. The molecule has 2 aromatic rings. The first-order valence-corrected chi connectivity index (χ1v) is 4.76. The lowest BCUT2D eigenvalue weighted by molar-refractivity contribution is 0.586. The van der Waals surface area contributed by atoms with E-state index in [1.807, 2.05) is 6.07 Å². The molecule has 0 aliphatic heterocycles. The van der Waals surface area contributed by atoms with Crippen LogP contribution >= 0.6 is 0 Å². The summed E-state index contributed by atoms with van der Waals surface area (Å²) in [7, 11) is 0. The van der Waals surface area contributed by atoms with E-state index in [1.54, 1.807) is 0 Å². The molecular formula is C10H6F2N6. The summed E-state index contributed by atoms with van der Waals surface area (Å²) in [6, 6.07) is 4.87. The van der Waals surface area contributed by atoms with Gasteiger partial charge in [-0.15, -0.1) is 10.2 Å². The molecule has 0 amide bonds. The van der Waals surface area contributed by atoms with E-state index in [0.717, 1.165) is 12.1 Å². The number of nitriles is 1. The van der Waals surface area contributed by atoms with Crippen LogP contribution in [0.25, 0.3) is 5.57 Å². The fourth-order valence-electron chi connectivity index (χ4n) is 1.18. The molecule has 1 heterocycles. The van der Waals surface area contributed by atoms with Crippen LogP contribution in [0, 0.1) is 23.0 Å². The highest BCUT2D eigenvalue weighted by atomic mass is 19.1. The van der Waals surface area contributed by atoms with E-state index in [-0.39, 0.29) is 17.1 Å². The zero-order chi connectivity index (χ0) is 13.0. The first-order valence-electron chi connectivity index (χ1n) is 4.76. The van der Waals surface area contributed by atoms with Gasteiger partial charge < -0.3 is 5.32 Å². The van der Waals surface area contributed by atoms with Crippen LogP contribution in [-0.4, -0.2) is 20.6 Å². The van der Waals surface area contributed by atoms with Gasteiger partial charge in [-0.1, -0.05) is 0 Å². The van der Waals surface area contributed by atoms with Crippen LogP contribution in [0.2, 0.25) is 0 Å². The number of nitrogens with one attached hydrogen (secondary N) is 2. The third kappa shape index (κ3) is 2.46. The lowest BCUT2D eigenvalue weighted by atomic mass is 10.2. The average Bonchev–Trinajstić information content (AvgIpc) is 2.86. The van der Waals surface area contributed by atoms with Crippen LogP contribution in [0.4, 0.5) is 14.5 Å². The topological polar surface area (TPSA) is 90.3 Å². The molecule has 2 rings (SSSR count). The molecule has 0 fully saturated rings. The second-order valence-electron chi connectivity index (χ2n) is 3.17. The number of halogens is 2. The van der Waals surface area contributed by atoms with Crippen LogP contribution in [0.5, 0.6) is 0 Å². The van der Waals surface area contributed by atoms with Crippen LogP contribution in [0.15, 0.2) is 24.4 Å². The zero-order valence-corrected chi connectivity index (χ0v) is 8.85. The first kappa shape index (κ1) is 11.7. The maximum Gasteiger partial charge on any atom is 0.216 e. The fourth-order valence-corrected chi connectivity index (χ4v) is 1.18. The minimum atomic E-state index is -0.767. The summed E-state index contributed by atoms with van der Waals surface area (Å²) in [4.78, 5) is 0. The van der Waals surface area contributed by atoms with Gasteiger partial charge in [0.25, 0.3) is 0 Å². The second-order valence-corrected chi connectivity index (χ2v) is 3.17. The Balaban J connectivity index is 2.22. The molecule has 0 unspecified atom stereocenters. The molecule has 1 aromatic heterocycles. The largest absolute Gasteiger partial charge is 0.358 e. The SMILES string of the molecule is N#CC(=CNc1ccc(F)cc1F)c1nn[nH]n1. The summed E-state index contributed by atoms with van der Waals surface area (Å²) in [5.41, 5.74) is 0.0973. The van der Waals surface area contributed by atoms with E-state index in [4.69, 9.17) is 5.26 Å². The van der Waals surface area contributed by atoms with Crippen molar-refractivity contribution >= 4 is 11.3 Å². The quantitative estimate of drug-likeness (QED) is 0.802. The van der Waals surface area contributed by atoms with Gasteiger partial charge in [0, 0.05) is 12.3 Å². The van der Waals surface area contributed by atoms with E-state index in [9.17, 15) is 8.78 Å². The molecule has 0 bridgehead atoms. The Kier molecular flexibility index (Phi) is 3.24. The van der Waals surface area contributed by atoms with Gasteiger partial charge in [0.05, 0.1) is 5.69 Å². The van der Waals surface area contributed by atoms with Gasteiger partial charge in [-0.3, -0.25) is 0 Å². The van der Waals surface area contributed by atoms with Crippen LogP contribution in [0.3, 0.4) is 0 Å². The van der Waals surface area contributed by atoms with E-state index < -0.39 is 11.6 Å². The Bertz CT molecular complexity index is 614. The predicted molar refractivity (Wildman–Crippen MR) is 57.7 cm³/mol. The summed E-state index contributed by atoms with van der Waals surface area (Å²) in [5.74, 6) is -1.37. The molecule has 8 heteroatoms. The Morgan fingerprint density at radius 2 is 2.28 bits per heavy atom. The number of anilines is 1. The summed E-state index contributed by atoms with van der Waals surface area (Å²) < 4.78 is 26.0. The molecule has 0 aliphatic carbocycles. The van der Waals surface area contributed by atoms with Crippen molar-refractivity contribution in [2.75, 3.05) is 5.32 Å². The van der Waals surface area contributed by atoms with Gasteiger partial charge >= 0.3 is 0 Å². The van der Waals surface area contributed by atoms with Crippen molar-refractivity contribution in [3.63, 3.8) is 0 Å². The highest BCUT2D eigenvalue weighted by molar-refractivity contribution is 5.74. The Morgan fingerprint density at radius 3 is 2.89 bits per heavy atom. The molecule has 18 heavy (non-hydrogen) atoms. The minimum absolute atomic E-state index is 0.0349. The van der Waals surface area contributed by atoms with Crippen molar-refractivity contribution in [2.24, 2.45) is 0 Å². The zero-order valence-electron chi connectivity index (χ0n) is 8.85. The predicted octanol–water partition coefficient (Wildman–Crippen LogP) is 1.45. The molecule has 0 radical (unpaired) electrons. The number of hydrogen-bond acceptors (Lipinski definition) is 5. The number of nitrogens with zero attached hydrogens (tertiary/aromatic N) is 4. The van der Waals surface area contributed by atoms with E-state index in [2.05, 4.69) is 25.9 Å². The van der Waals surface area contributed by atoms with Gasteiger partial charge in [0.2, 0.25) is 5.82 Å². The van der Waals surface area contributed by atoms with E-state index >= 15 is 0 Å². The molecule has 6 nitrogen and oxygen atoms in total. The lowest BCUT2D eigenvalue weighted by Gasteiger charge is -2.02. The van der Waals surface area contributed by atoms with Gasteiger partial charge in [0.15, 0.2) is 0 Å². The normalized spacial score (nSPS) is 11.1. The third-order valence-corrected chi connectivity index (χ3v) is 2.01. The van der Waals surface area contributed by atoms with Crippen LogP contribution in [-0.2, 0) is 0 Å². The Labute approximate surface area is 99.9 Å². The number of hydrogen-bond donors (Lipinski definition) is 2. The number of allylic oxidation sites excluding steroid dienone is 1. The Hall–Kier alpha value is -2.82. The Morgan fingerprint density at radius 1 is 1.44 bits per heavy atom. The van der Waals surface area contributed by atoms with E-state index in [0.29, 0.717) is 0 Å². The van der Waals surface area contributed by atoms with Gasteiger partial charge in [-0.25, -0.2) is 8.78 Å². The highest BCUT2D eigenvalue weighted by Crippen LogP contribution is 2.16. The van der Waals surface area contributed by atoms with E-state index in [1.165, 1.54) is 12.3 Å². The van der Waals surface area contributed by atoms with Crippen LogP contribution < -0.4 is 5.32 Å². The third-order valence-electron chi connectivity index (χ3n) is 2.01. The smallest absolute Gasteiger partial charge is 0.216 e. The van der Waals surface area contributed by atoms with Crippen molar-refractivity contribution in [1.82, 2.24) is 20.6 Å². The van der Waals surface area contributed by atoms with Crippen molar-refractivity contribution in [1.29, 1.82) is 5.26 Å². The molecule has 1 aromatic carbocycles. The molecular weight excluding hydrogens is 242 g/mol. The fraction of sp³-hybridized carbons (Fsp3) is 0. The molecule has 0 atom stereocenters. The molecule has 0 saturated heterocycles. The lowest BCUT2D eigenvalue weighted by Crippen LogP contribution is -1.95. The molecule has 2 N–H and O–H groups in total. The minimum Gasteiger partial charge on any atom is -0.358 e.